The van der Waals surface area contributed by atoms with Gasteiger partial charge in [0.15, 0.2) is 5.69 Å². The molecule has 1 aromatic carbocycles. The first-order chi connectivity index (χ1) is 8.82. The Hall–Kier alpha value is -2.49. The van der Waals surface area contributed by atoms with Gasteiger partial charge in [0.2, 0.25) is 0 Å². The highest BCUT2D eigenvalue weighted by atomic mass is 19.4. The molecule has 19 heavy (non-hydrogen) atoms. The minimum atomic E-state index is -4.54. The molecule has 7 heteroatoms. The Morgan fingerprint density at radius 2 is 2.00 bits per heavy atom. The number of benzene rings is 1. The maximum absolute atomic E-state index is 12.5. The van der Waals surface area contributed by atoms with E-state index in [2.05, 4.69) is 5.10 Å². The third kappa shape index (κ3) is 2.38. The number of rotatable bonds is 1. The summed E-state index contributed by atoms with van der Waals surface area (Å²) in [6, 6.07) is 7.29. The van der Waals surface area contributed by atoms with Gasteiger partial charge in [-0.25, -0.2) is 4.68 Å². The fraction of sp³-hybridized carbons (Fsp3) is 0.167. The van der Waals surface area contributed by atoms with Crippen molar-refractivity contribution in [3.63, 3.8) is 0 Å². The maximum atomic E-state index is 12.5. The highest BCUT2D eigenvalue weighted by Gasteiger charge is 2.34. The van der Waals surface area contributed by atoms with E-state index in [4.69, 9.17) is 11.0 Å². The van der Waals surface area contributed by atoms with E-state index in [0.29, 0.717) is 16.8 Å². The second kappa shape index (κ2) is 4.31. The van der Waals surface area contributed by atoms with Crippen molar-refractivity contribution in [1.29, 1.82) is 5.26 Å². The van der Waals surface area contributed by atoms with Gasteiger partial charge in [-0.05, 0) is 30.7 Å². The zero-order valence-corrected chi connectivity index (χ0v) is 9.86. The number of anilines is 1. The summed E-state index contributed by atoms with van der Waals surface area (Å²) in [5.41, 5.74) is 5.94. The Labute approximate surface area is 106 Å². The molecule has 0 bridgehead atoms. The fourth-order valence-corrected chi connectivity index (χ4v) is 1.69. The first-order valence-electron chi connectivity index (χ1n) is 5.27. The maximum Gasteiger partial charge on any atom is 0.435 e. The third-order valence-electron chi connectivity index (χ3n) is 2.58. The van der Waals surface area contributed by atoms with Crippen molar-refractivity contribution in [2.24, 2.45) is 0 Å². The van der Waals surface area contributed by atoms with Gasteiger partial charge < -0.3 is 5.73 Å². The van der Waals surface area contributed by atoms with Crippen LogP contribution in [0.3, 0.4) is 0 Å². The van der Waals surface area contributed by atoms with E-state index in [9.17, 15) is 13.2 Å². The number of hydrogen-bond acceptors (Lipinski definition) is 3. The Bertz CT molecular complexity index is 665. The molecule has 0 atom stereocenters. The summed E-state index contributed by atoms with van der Waals surface area (Å²) < 4.78 is 38.6. The Kier molecular flexibility index (Phi) is 2.94. The van der Waals surface area contributed by atoms with Crippen molar-refractivity contribution in [2.45, 2.75) is 13.1 Å². The number of aromatic nitrogens is 2. The van der Waals surface area contributed by atoms with Crippen LogP contribution in [0, 0.1) is 18.3 Å². The van der Waals surface area contributed by atoms with Crippen molar-refractivity contribution in [1.82, 2.24) is 9.78 Å². The normalized spacial score (nSPS) is 11.3. The van der Waals surface area contributed by atoms with Crippen LogP contribution in [-0.2, 0) is 6.18 Å². The van der Waals surface area contributed by atoms with Crippen molar-refractivity contribution >= 4 is 5.82 Å². The molecule has 2 rings (SSSR count). The molecule has 2 N–H and O–H groups in total. The standard InChI is InChI=1S/C12H9F3N4/c1-7-4-8(6-16)2-3-9(7)19-11(17)5-10(18-19)12(13,14)15/h2-5H,17H2,1H3. The topological polar surface area (TPSA) is 67.6 Å². The summed E-state index contributed by atoms with van der Waals surface area (Å²) in [5, 5.41) is 12.2. The number of alkyl halides is 3. The van der Waals surface area contributed by atoms with Crippen molar-refractivity contribution in [3.05, 3.63) is 41.1 Å². The molecule has 98 valence electrons. The second-order valence-electron chi connectivity index (χ2n) is 3.98. The highest BCUT2D eigenvalue weighted by molar-refractivity contribution is 5.50. The Morgan fingerprint density at radius 1 is 1.32 bits per heavy atom. The lowest BCUT2D eigenvalue weighted by molar-refractivity contribution is -0.141. The first-order valence-corrected chi connectivity index (χ1v) is 5.27. The minimum absolute atomic E-state index is 0.111. The molecular weight excluding hydrogens is 257 g/mol. The third-order valence-corrected chi connectivity index (χ3v) is 2.58. The molecule has 0 aliphatic carbocycles. The van der Waals surface area contributed by atoms with Gasteiger partial charge in [-0.3, -0.25) is 0 Å². The van der Waals surface area contributed by atoms with Crippen molar-refractivity contribution in [2.75, 3.05) is 5.73 Å². The molecule has 2 aromatic rings. The predicted octanol–water partition coefficient (Wildman–Crippen LogP) is 2.65. The van der Waals surface area contributed by atoms with E-state index in [1.807, 2.05) is 6.07 Å². The lowest BCUT2D eigenvalue weighted by Gasteiger charge is -2.08. The van der Waals surface area contributed by atoms with Crippen LogP contribution in [0.25, 0.3) is 5.69 Å². The Morgan fingerprint density at radius 3 is 2.47 bits per heavy atom. The molecule has 0 aliphatic rings. The van der Waals surface area contributed by atoms with E-state index >= 15 is 0 Å². The summed E-state index contributed by atoms with van der Waals surface area (Å²) in [6.45, 7) is 1.67. The number of aryl methyl sites for hydroxylation is 1. The van der Waals surface area contributed by atoms with Crippen LogP contribution < -0.4 is 5.73 Å². The van der Waals surface area contributed by atoms with E-state index in [1.54, 1.807) is 13.0 Å². The highest BCUT2D eigenvalue weighted by Crippen LogP contribution is 2.30. The SMILES string of the molecule is Cc1cc(C#N)ccc1-n1nc(C(F)(F)F)cc1N. The van der Waals surface area contributed by atoms with Crippen LogP contribution in [0.1, 0.15) is 16.8 Å². The largest absolute Gasteiger partial charge is 0.435 e. The van der Waals surface area contributed by atoms with E-state index in [0.717, 1.165) is 10.7 Å². The van der Waals surface area contributed by atoms with Gasteiger partial charge in [0, 0.05) is 6.07 Å². The van der Waals surface area contributed by atoms with Gasteiger partial charge in [-0.15, -0.1) is 0 Å². The average molecular weight is 266 g/mol. The zero-order valence-electron chi connectivity index (χ0n) is 9.86. The van der Waals surface area contributed by atoms with Crippen molar-refractivity contribution < 1.29 is 13.2 Å². The quantitative estimate of drug-likeness (QED) is 0.862. The summed E-state index contributed by atoms with van der Waals surface area (Å²) in [7, 11) is 0. The number of nitrogens with two attached hydrogens (primary N) is 1. The van der Waals surface area contributed by atoms with E-state index < -0.39 is 11.9 Å². The summed E-state index contributed by atoms with van der Waals surface area (Å²) in [6.07, 6.45) is -4.54. The van der Waals surface area contributed by atoms with Crippen molar-refractivity contribution in [3.8, 4) is 11.8 Å². The molecule has 0 aliphatic heterocycles. The van der Waals surface area contributed by atoms with Crippen LogP contribution in [0.15, 0.2) is 24.3 Å². The molecule has 0 amide bonds. The average Bonchev–Trinajstić information content (AvgIpc) is 2.71. The van der Waals surface area contributed by atoms with Gasteiger partial charge in [-0.2, -0.15) is 23.5 Å². The lowest BCUT2D eigenvalue weighted by Crippen LogP contribution is -2.08. The zero-order chi connectivity index (χ0) is 14.2. The van der Waals surface area contributed by atoms with Crippen LogP contribution in [0.5, 0.6) is 0 Å². The molecule has 1 aromatic heterocycles. The van der Waals surface area contributed by atoms with Crippen LogP contribution in [-0.4, -0.2) is 9.78 Å². The minimum Gasteiger partial charge on any atom is -0.384 e. The first kappa shape index (κ1) is 13.0. The molecule has 0 saturated heterocycles. The van der Waals surface area contributed by atoms with Gasteiger partial charge >= 0.3 is 6.18 Å². The van der Waals surface area contributed by atoms with Crippen LogP contribution >= 0.6 is 0 Å². The molecule has 0 spiro atoms. The molecule has 0 radical (unpaired) electrons. The second-order valence-corrected chi connectivity index (χ2v) is 3.98. The lowest BCUT2D eigenvalue weighted by atomic mass is 10.1. The predicted molar refractivity (Wildman–Crippen MR) is 62.4 cm³/mol. The monoisotopic (exact) mass is 266 g/mol. The molecule has 4 nitrogen and oxygen atoms in total. The number of nitriles is 1. The molecule has 1 heterocycles. The van der Waals surface area contributed by atoms with Gasteiger partial charge in [0.05, 0.1) is 17.3 Å². The Balaban J connectivity index is 2.54. The van der Waals surface area contributed by atoms with E-state index in [-0.39, 0.29) is 5.82 Å². The number of halogens is 3. The van der Waals surface area contributed by atoms with Crippen LogP contribution in [0.2, 0.25) is 0 Å². The molecular formula is C12H9F3N4. The van der Waals surface area contributed by atoms with Gasteiger partial charge in [-0.1, -0.05) is 0 Å². The molecule has 0 saturated carbocycles. The number of nitrogen functional groups attached to an aromatic ring is 1. The van der Waals surface area contributed by atoms with Gasteiger partial charge in [0.25, 0.3) is 0 Å². The summed E-state index contributed by atoms with van der Waals surface area (Å²) in [4.78, 5) is 0. The van der Waals surface area contributed by atoms with E-state index in [1.165, 1.54) is 12.1 Å². The molecule has 0 unspecified atom stereocenters. The molecule has 0 fully saturated rings. The fourth-order valence-electron chi connectivity index (χ4n) is 1.69. The number of hydrogen-bond donors (Lipinski definition) is 1. The van der Waals surface area contributed by atoms with Gasteiger partial charge in [0.1, 0.15) is 5.82 Å². The summed E-state index contributed by atoms with van der Waals surface area (Å²) in [5.74, 6) is -0.111. The smallest absolute Gasteiger partial charge is 0.384 e. The summed E-state index contributed by atoms with van der Waals surface area (Å²) >= 11 is 0. The number of nitrogens with zero attached hydrogens (tertiary/aromatic N) is 3. The van der Waals surface area contributed by atoms with Crippen LogP contribution in [0.4, 0.5) is 19.0 Å².